The minimum Gasteiger partial charge on any atom is -0.303 e. The van der Waals surface area contributed by atoms with Gasteiger partial charge in [0.2, 0.25) is 0 Å². The normalized spacial score (nSPS) is 17.4. The van der Waals surface area contributed by atoms with Gasteiger partial charge < -0.3 is 4.90 Å². The first kappa shape index (κ1) is 18.4. The van der Waals surface area contributed by atoms with E-state index >= 15 is 0 Å². The Morgan fingerprint density at radius 3 is 2.52 bits per heavy atom. The fourth-order valence-electron chi connectivity index (χ4n) is 3.43. The van der Waals surface area contributed by atoms with E-state index in [9.17, 15) is 13.2 Å². The maximum Gasteiger partial charge on any atom is 0.417 e. The highest BCUT2D eigenvalue weighted by molar-refractivity contribution is 7.10. The lowest BCUT2D eigenvalue weighted by Gasteiger charge is -2.32. The molecule has 1 saturated heterocycles. The van der Waals surface area contributed by atoms with Crippen molar-refractivity contribution >= 4 is 11.3 Å². The fraction of sp³-hybridized carbons (Fsp3) is 0.526. The first-order chi connectivity index (χ1) is 11.8. The summed E-state index contributed by atoms with van der Waals surface area (Å²) in [5.74, 6) is 1.02. The minimum absolute atomic E-state index is 0.176. The molecule has 2 aromatic rings. The smallest absolute Gasteiger partial charge is 0.303 e. The minimum atomic E-state index is -4.36. The van der Waals surface area contributed by atoms with E-state index in [-0.39, 0.29) is 5.56 Å². The molecule has 25 heavy (non-hydrogen) atoms. The van der Waals surface area contributed by atoms with E-state index in [1.807, 2.05) is 0 Å². The number of alkyl halides is 3. The molecule has 0 N–H and O–H groups in total. The average Bonchev–Trinajstić information content (AvgIpc) is 3.04. The Morgan fingerprint density at radius 2 is 1.88 bits per heavy atom. The summed E-state index contributed by atoms with van der Waals surface area (Å²) in [4.78, 5) is 7.03. The predicted molar refractivity (Wildman–Crippen MR) is 95.8 cm³/mol. The summed E-state index contributed by atoms with van der Waals surface area (Å²) in [6.07, 6.45) is -2.30. The van der Waals surface area contributed by atoms with Crippen LogP contribution in [0.3, 0.4) is 0 Å². The topological polar surface area (TPSA) is 16.1 Å². The predicted octanol–water partition coefficient (Wildman–Crippen LogP) is 5.66. The van der Waals surface area contributed by atoms with Crippen LogP contribution in [0.5, 0.6) is 0 Å². The number of aromatic nitrogens is 1. The number of hydrogen-bond acceptors (Lipinski definition) is 3. The molecule has 2 nitrogen and oxygen atoms in total. The number of benzene rings is 1. The van der Waals surface area contributed by atoms with Gasteiger partial charge in [0.25, 0.3) is 0 Å². The number of nitrogens with zero attached hydrogens (tertiary/aromatic N) is 2. The standard InChI is InChI=1S/C19H23F3N2S/c1-13(2)11-24-9-7-14(8-10-24)18-23-17(12-25-18)15-5-3-4-6-16(15)19(20,21)22/h3-6,12-14H,7-11H2,1-2H3. The molecule has 1 aliphatic rings. The molecule has 2 heterocycles. The first-order valence-corrected chi connectivity index (χ1v) is 9.57. The quantitative estimate of drug-likeness (QED) is 0.692. The van der Waals surface area contributed by atoms with E-state index in [0.29, 0.717) is 17.5 Å². The number of rotatable bonds is 4. The van der Waals surface area contributed by atoms with Gasteiger partial charge in [0, 0.05) is 23.4 Å². The maximum absolute atomic E-state index is 13.2. The van der Waals surface area contributed by atoms with E-state index in [1.165, 1.54) is 23.5 Å². The van der Waals surface area contributed by atoms with Crippen molar-refractivity contribution in [2.75, 3.05) is 19.6 Å². The van der Waals surface area contributed by atoms with Crippen molar-refractivity contribution in [1.29, 1.82) is 0 Å². The van der Waals surface area contributed by atoms with Crippen molar-refractivity contribution in [3.63, 3.8) is 0 Å². The SMILES string of the molecule is CC(C)CN1CCC(c2nc(-c3ccccc3C(F)(F)F)cs2)CC1. The molecule has 1 aliphatic heterocycles. The average molecular weight is 368 g/mol. The lowest BCUT2D eigenvalue weighted by molar-refractivity contribution is -0.137. The summed E-state index contributed by atoms with van der Waals surface area (Å²) >= 11 is 1.49. The molecule has 3 rings (SSSR count). The Labute approximate surface area is 150 Å². The molecular formula is C19H23F3N2S. The number of likely N-dealkylation sites (tertiary alicyclic amines) is 1. The molecule has 6 heteroatoms. The van der Waals surface area contributed by atoms with Crippen molar-refractivity contribution < 1.29 is 13.2 Å². The summed E-state index contributed by atoms with van der Waals surface area (Å²) in [5, 5.41) is 2.73. The highest BCUT2D eigenvalue weighted by atomic mass is 32.1. The Bertz CT molecular complexity index is 701. The fourth-order valence-corrected chi connectivity index (χ4v) is 4.42. The van der Waals surface area contributed by atoms with E-state index in [4.69, 9.17) is 0 Å². The second-order valence-corrected chi connectivity index (χ2v) is 7.97. The molecule has 1 fully saturated rings. The Hall–Kier alpha value is -1.40. The summed E-state index contributed by atoms with van der Waals surface area (Å²) in [6.45, 7) is 7.62. The summed E-state index contributed by atoms with van der Waals surface area (Å²) in [6, 6.07) is 5.68. The van der Waals surface area contributed by atoms with Crippen LogP contribution in [0.4, 0.5) is 13.2 Å². The third-order valence-electron chi connectivity index (χ3n) is 4.59. The summed E-state index contributed by atoms with van der Waals surface area (Å²) in [5.41, 5.74) is 0.00545. The molecule has 136 valence electrons. The van der Waals surface area contributed by atoms with Gasteiger partial charge in [-0.2, -0.15) is 13.2 Å². The maximum atomic E-state index is 13.2. The number of piperidine rings is 1. The van der Waals surface area contributed by atoms with E-state index in [2.05, 4.69) is 23.7 Å². The molecule has 0 unspecified atom stereocenters. The van der Waals surface area contributed by atoms with Crippen LogP contribution in [0.1, 0.15) is 43.2 Å². The number of thiazole rings is 1. The zero-order chi connectivity index (χ0) is 18.0. The van der Waals surface area contributed by atoms with Crippen LogP contribution in [-0.2, 0) is 6.18 Å². The summed E-state index contributed by atoms with van der Waals surface area (Å²) < 4.78 is 39.6. The number of halogens is 3. The Kier molecular flexibility index (Phi) is 5.49. The van der Waals surface area contributed by atoms with Crippen LogP contribution in [0.15, 0.2) is 29.6 Å². The Morgan fingerprint density at radius 1 is 1.20 bits per heavy atom. The highest BCUT2D eigenvalue weighted by Crippen LogP contribution is 2.39. The van der Waals surface area contributed by atoms with Gasteiger partial charge in [0.1, 0.15) is 0 Å². The van der Waals surface area contributed by atoms with E-state index < -0.39 is 11.7 Å². The molecule has 0 aliphatic carbocycles. The van der Waals surface area contributed by atoms with Gasteiger partial charge in [-0.25, -0.2) is 4.98 Å². The molecular weight excluding hydrogens is 345 g/mol. The highest BCUT2D eigenvalue weighted by Gasteiger charge is 2.34. The second kappa shape index (κ2) is 7.46. The molecule has 0 saturated carbocycles. The molecule has 0 atom stereocenters. The first-order valence-electron chi connectivity index (χ1n) is 8.69. The Balaban J connectivity index is 1.74. The third-order valence-corrected chi connectivity index (χ3v) is 5.60. The van der Waals surface area contributed by atoms with Crippen LogP contribution in [0.25, 0.3) is 11.3 Å². The lowest BCUT2D eigenvalue weighted by atomic mass is 9.96. The van der Waals surface area contributed by atoms with Gasteiger partial charge in [-0.1, -0.05) is 32.0 Å². The lowest BCUT2D eigenvalue weighted by Crippen LogP contribution is -2.35. The number of hydrogen-bond donors (Lipinski definition) is 0. The van der Waals surface area contributed by atoms with E-state index in [0.717, 1.165) is 43.5 Å². The molecule has 0 bridgehead atoms. The van der Waals surface area contributed by atoms with Gasteiger partial charge >= 0.3 is 6.18 Å². The van der Waals surface area contributed by atoms with Crippen LogP contribution in [0.2, 0.25) is 0 Å². The molecule has 0 spiro atoms. The zero-order valence-corrected chi connectivity index (χ0v) is 15.3. The molecule has 1 aromatic carbocycles. The monoisotopic (exact) mass is 368 g/mol. The summed E-state index contributed by atoms with van der Waals surface area (Å²) in [7, 11) is 0. The van der Waals surface area contributed by atoms with Gasteiger partial charge in [-0.3, -0.25) is 0 Å². The zero-order valence-electron chi connectivity index (χ0n) is 14.5. The largest absolute Gasteiger partial charge is 0.417 e. The molecule has 1 aromatic heterocycles. The van der Waals surface area contributed by atoms with Crippen molar-refractivity contribution in [3.05, 3.63) is 40.2 Å². The van der Waals surface area contributed by atoms with E-state index in [1.54, 1.807) is 11.4 Å². The van der Waals surface area contributed by atoms with Crippen LogP contribution in [-0.4, -0.2) is 29.5 Å². The van der Waals surface area contributed by atoms with Crippen LogP contribution in [0, 0.1) is 5.92 Å². The van der Waals surface area contributed by atoms with Gasteiger partial charge in [-0.05, 0) is 37.9 Å². The third kappa shape index (κ3) is 4.42. The second-order valence-electron chi connectivity index (χ2n) is 7.08. The van der Waals surface area contributed by atoms with Crippen molar-refractivity contribution in [2.24, 2.45) is 5.92 Å². The van der Waals surface area contributed by atoms with Crippen molar-refractivity contribution in [3.8, 4) is 11.3 Å². The van der Waals surface area contributed by atoms with Crippen molar-refractivity contribution in [2.45, 2.75) is 38.8 Å². The van der Waals surface area contributed by atoms with Crippen LogP contribution >= 0.6 is 11.3 Å². The van der Waals surface area contributed by atoms with Gasteiger partial charge in [0.05, 0.1) is 16.3 Å². The van der Waals surface area contributed by atoms with Crippen molar-refractivity contribution in [1.82, 2.24) is 9.88 Å². The van der Waals surface area contributed by atoms with Gasteiger partial charge in [0.15, 0.2) is 0 Å². The van der Waals surface area contributed by atoms with Crippen LogP contribution < -0.4 is 0 Å². The van der Waals surface area contributed by atoms with Gasteiger partial charge in [-0.15, -0.1) is 11.3 Å². The molecule has 0 amide bonds. The molecule has 0 radical (unpaired) electrons.